The van der Waals surface area contributed by atoms with Gasteiger partial charge in [-0.2, -0.15) is 13.2 Å². The van der Waals surface area contributed by atoms with Gasteiger partial charge in [0.25, 0.3) is 35.4 Å². The maximum atomic E-state index is 13.8. The molecule has 0 atom stereocenters. The molecule has 0 saturated carbocycles. The molecular weight excluding hydrogens is 1690 g/mol. The summed E-state index contributed by atoms with van der Waals surface area (Å²) >= 11 is 0. The third-order valence-corrected chi connectivity index (χ3v) is 22.3. The van der Waals surface area contributed by atoms with E-state index in [1.54, 1.807) is 83.4 Å². The summed E-state index contributed by atoms with van der Waals surface area (Å²) in [6.45, 7) is 15.5. The molecule has 5 amide bonds. The number of benzene rings is 8. The molecule has 0 unspecified atom stereocenters. The lowest BCUT2D eigenvalue weighted by molar-refractivity contribution is -0.137. The Labute approximate surface area is 757 Å². The van der Waals surface area contributed by atoms with Gasteiger partial charge < -0.3 is 35.8 Å². The first-order chi connectivity index (χ1) is 64.2. The summed E-state index contributed by atoms with van der Waals surface area (Å²) in [7, 11) is 1.84. The van der Waals surface area contributed by atoms with Crippen LogP contribution in [0.5, 0.6) is 0 Å². The third kappa shape index (κ3) is 18.9. The Hall–Kier alpha value is -17.8. The Bertz CT molecular complexity index is 7810. The second-order valence-electron chi connectivity index (χ2n) is 31.6. The van der Waals surface area contributed by atoms with E-state index in [-0.39, 0.29) is 23.3 Å². The standard InChI is InChI=1S/C28H20F3N5O2.C25H22N6O.C25H21N5O2.C24H19N5O2/c1-16-4-7-19(8-5-16)35-27(38)21-13-17(6-9-22(21)28(29,30)31)20-3-2-12-36-24(20)15-34-26(36)23-14-18(25(32)37)10-11-33-23;1-16-6-10-19(11-7-16)28-25(32)21-13-18(9-8-17(21)2)20-5-4-12-31-22(20)14-26-24(31)23-15-27-29-30(23)3;1-15-6-10-19(11-7-15)27-24(31)21-13-18(9-8-16(21)2)20-5-4-12-30-22(20)14-26-23(30)25-29-28-17(3)32-25;1-15-5-9-18(10-6-15)27-23(30)20-12-17(8-7-16(20)2)19-4-3-11-29-21(19)13-25-22(29)24-28-26-14-31-24/h2-15H,1H3,(H2,32,37)(H,35,38);4-15H,1-3H3,(H,28,32);4-14H,1-3H3,(H,27,31);3-14H,1-2H3,(H,27,30). The van der Waals surface area contributed by atoms with Gasteiger partial charge in [0.05, 0.1) is 64.2 Å². The van der Waals surface area contributed by atoms with Crippen LogP contribution in [0.4, 0.5) is 35.9 Å². The number of amides is 5. The molecule has 8 aromatic carbocycles. The van der Waals surface area contributed by atoms with Gasteiger partial charge in [0, 0.05) is 112 Å². The van der Waals surface area contributed by atoms with E-state index in [9.17, 15) is 37.1 Å². The van der Waals surface area contributed by atoms with E-state index < -0.39 is 29.1 Å². The molecule has 28 nitrogen and oxygen atoms in total. The van der Waals surface area contributed by atoms with Crippen LogP contribution in [0.2, 0.25) is 0 Å². The van der Waals surface area contributed by atoms with Crippen LogP contribution in [-0.2, 0) is 13.2 Å². The van der Waals surface area contributed by atoms with Crippen molar-refractivity contribution in [2.75, 3.05) is 21.3 Å². The van der Waals surface area contributed by atoms with Crippen molar-refractivity contribution in [3.05, 3.63) is 377 Å². The van der Waals surface area contributed by atoms with Gasteiger partial charge in [-0.25, -0.2) is 24.6 Å². The number of nitrogens with two attached hydrogens (primary N) is 1. The largest absolute Gasteiger partial charge is 0.421 e. The summed E-state index contributed by atoms with van der Waals surface area (Å²) in [5.74, 6) is 1.60. The van der Waals surface area contributed by atoms with Crippen molar-refractivity contribution >= 4 is 74.4 Å². The quantitative estimate of drug-likeness (QED) is 0.0565. The highest BCUT2D eigenvalue weighted by Crippen LogP contribution is 2.39. The molecule has 0 bridgehead atoms. The van der Waals surface area contributed by atoms with Crippen LogP contribution in [0.3, 0.4) is 0 Å². The van der Waals surface area contributed by atoms with E-state index in [4.69, 9.17) is 14.6 Å². The van der Waals surface area contributed by atoms with Crippen LogP contribution in [-0.4, -0.2) is 107 Å². The third-order valence-electron chi connectivity index (χ3n) is 22.3. The van der Waals surface area contributed by atoms with E-state index in [1.807, 2.05) is 257 Å². The molecule has 0 saturated heterocycles. The molecule has 12 aromatic heterocycles. The normalized spacial score (nSPS) is 11.2. The number of nitrogens with zero attached hydrogens (tertiary/aromatic N) is 16. The van der Waals surface area contributed by atoms with Crippen LogP contribution >= 0.6 is 0 Å². The SMILES string of the molecule is Cc1ccc(NC(=O)c2cc(-c3cccn4c(-c5cc(C(N)=O)ccn5)ncc34)ccc2C(F)(F)F)cc1.Cc1ccc(NC(=O)c2cc(-c3cccn4c(-c5cnnn5C)ncc34)ccc2C)cc1.Cc1ccc(NC(=O)c2cc(-c3cccn4c(-c5nnc(C)o5)ncc34)ccc2C)cc1.Cc1ccc(NC(=O)c2cc(-c3cccn4c(-c5nnco5)ncc34)ccc2C)cc1. The highest BCUT2D eigenvalue weighted by Gasteiger charge is 2.36. The smallest absolute Gasteiger partial charge is 0.417 e. The second-order valence-corrected chi connectivity index (χ2v) is 31.6. The second kappa shape index (κ2) is 37.3. The van der Waals surface area contributed by atoms with Crippen LogP contribution in [0, 0.1) is 55.4 Å². The van der Waals surface area contributed by atoms with Crippen molar-refractivity contribution < 1.29 is 46.0 Å². The summed E-state index contributed by atoms with van der Waals surface area (Å²) in [5, 5.41) is 35.1. The zero-order valence-corrected chi connectivity index (χ0v) is 73.0. The van der Waals surface area contributed by atoms with E-state index in [0.717, 1.165) is 124 Å². The summed E-state index contributed by atoms with van der Waals surface area (Å²) in [6, 6.07) is 69.5. The van der Waals surface area contributed by atoms with Crippen LogP contribution in [0.15, 0.2) is 308 Å². The van der Waals surface area contributed by atoms with Gasteiger partial charge >= 0.3 is 6.18 Å². The van der Waals surface area contributed by atoms with Crippen LogP contribution in [0.1, 0.15) is 102 Å². The van der Waals surface area contributed by atoms with Crippen LogP contribution < -0.4 is 27.0 Å². The van der Waals surface area contributed by atoms with Crippen LogP contribution in [0.25, 0.3) is 113 Å². The molecule has 0 radical (unpaired) electrons. The molecule has 6 N–H and O–H groups in total. The minimum atomic E-state index is -4.73. The average Bonchev–Trinajstić information content (AvgIpc) is 1.69. The summed E-state index contributed by atoms with van der Waals surface area (Å²) in [6.07, 6.45) is 14.1. The number of carbonyl (C=O) groups is 5. The van der Waals surface area contributed by atoms with Gasteiger partial charge in [0.2, 0.25) is 29.8 Å². The number of halogens is 3. The van der Waals surface area contributed by atoms with Gasteiger partial charge in [-0.15, -0.1) is 25.5 Å². The lowest BCUT2D eigenvalue weighted by atomic mass is 9.98. The topological polar surface area (TPSA) is 350 Å². The molecule has 0 aliphatic heterocycles. The number of carbonyl (C=O) groups excluding carboxylic acids is 5. The molecule has 658 valence electrons. The van der Waals surface area contributed by atoms with E-state index in [2.05, 4.69) is 76.9 Å². The minimum Gasteiger partial charge on any atom is -0.421 e. The number of hydrogen-bond donors (Lipinski definition) is 5. The summed E-state index contributed by atoms with van der Waals surface area (Å²) in [5.41, 5.74) is 26.9. The number of pyridine rings is 5. The zero-order valence-electron chi connectivity index (χ0n) is 73.0. The average molecular weight is 1770 g/mol. The van der Waals surface area contributed by atoms with Gasteiger partial charge in [-0.1, -0.05) is 143 Å². The first kappa shape index (κ1) is 87.3. The number of aromatic nitrogens is 16. The number of hydrogen-bond acceptors (Lipinski definition) is 18. The van der Waals surface area contributed by atoms with Gasteiger partial charge in [-0.3, -0.25) is 46.6 Å². The fourth-order valence-electron chi connectivity index (χ4n) is 15.2. The van der Waals surface area contributed by atoms with E-state index in [0.29, 0.717) is 79.9 Å². The first-order valence-electron chi connectivity index (χ1n) is 41.8. The number of imidazole rings is 4. The van der Waals surface area contributed by atoms with Gasteiger partial charge in [-0.05, 0) is 203 Å². The summed E-state index contributed by atoms with van der Waals surface area (Å²) < 4.78 is 61.6. The fraction of sp³-hybridized carbons (Fsp3) is 0.0980. The number of primary amides is 1. The Balaban J connectivity index is 0.000000124. The molecule has 0 aliphatic rings. The van der Waals surface area contributed by atoms with Gasteiger partial charge in [0.15, 0.2) is 11.6 Å². The molecule has 0 spiro atoms. The minimum absolute atomic E-state index is 0.129. The van der Waals surface area contributed by atoms with Crippen molar-refractivity contribution in [3.8, 4) is 91.0 Å². The molecule has 20 rings (SSSR count). The molecule has 20 aromatic rings. The van der Waals surface area contributed by atoms with E-state index in [1.165, 1.54) is 36.9 Å². The maximum absolute atomic E-state index is 13.8. The van der Waals surface area contributed by atoms with Crippen molar-refractivity contribution in [2.45, 2.75) is 61.6 Å². The molecule has 31 heteroatoms. The lowest BCUT2D eigenvalue weighted by Crippen LogP contribution is -2.19. The predicted octanol–water partition coefficient (Wildman–Crippen LogP) is 20.6. The highest BCUT2D eigenvalue weighted by atomic mass is 19.4. The fourth-order valence-corrected chi connectivity index (χ4v) is 15.2. The number of aryl methyl sites for hydroxylation is 9. The Kier molecular flexibility index (Phi) is 24.5. The predicted molar refractivity (Wildman–Crippen MR) is 501 cm³/mol. The Morgan fingerprint density at radius 1 is 0.376 bits per heavy atom. The Morgan fingerprint density at radius 2 is 0.744 bits per heavy atom. The monoisotopic (exact) mass is 1770 g/mol. The molecule has 0 fully saturated rings. The summed E-state index contributed by atoms with van der Waals surface area (Å²) in [4.78, 5) is 85.8. The maximum Gasteiger partial charge on any atom is 0.417 e. The molecule has 133 heavy (non-hydrogen) atoms. The number of rotatable bonds is 17. The zero-order chi connectivity index (χ0) is 92.9. The number of nitrogens with one attached hydrogen (secondary N) is 4. The number of anilines is 4. The highest BCUT2D eigenvalue weighted by molar-refractivity contribution is 6.09. The first-order valence-corrected chi connectivity index (χ1v) is 41.8. The van der Waals surface area contributed by atoms with Crippen molar-refractivity contribution in [1.29, 1.82) is 0 Å². The number of fused-ring (bicyclic) bond motifs is 4. The Morgan fingerprint density at radius 3 is 1.11 bits per heavy atom. The van der Waals surface area contributed by atoms with Crippen molar-refractivity contribution in [3.63, 3.8) is 0 Å². The lowest BCUT2D eigenvalue weighted by Gasteiger charge is -2.15. The number of alkyl halides is 3. The molecule has 0 aliphatic carbocycles. The molecular formula is C102H82F3N21O7. The molecule has 12 heterocycles. The van der Waals surface area contributed by atoms with Crippen molar-refractivity contribution in [2.24, 2.45) is 12.8 Å². The van der Waals surface area contributed by atoms with Crippen molar-refractivity contribution in [1.82, 2.24) is 77.9 Å². The van der Waals surface area contributed by atoms with E-state index >= 15 is 0 Å². The van der Waals surface area contributed by atoms with Gasteiger partial charge in [0.1, 0.15) is 11.4 Å².